The van der Waals surface area contributed by atoms with Gasteiger partial charge in [-0.05, 0) is 48.7 Å². The molecule has 2 aromatic rings. The Bertz CT molecular complexity index is 888. The predicted octanol–water partition coefficient (Wildman–Crippen LogP) is 3.92. The number of aryl methyl sites for hydroxylation is 1. The van der Waals surface area contributed by atoms with Gasteiger partial charge in [0.15, 0.2) is 0 Å². The molecule has 0 saturated heterocycles. The van der Waals surface area contributed by atoms with E-state index in [0.29, 0.717) is 28.7 Å². The number of fused-ring (bicyclic) bond motifs is 1. The molecule has 3 amide bonds. The smallest absolute Gasteiger partial charge is 0.323 e. The molecule has 3 rings (SSSR count). The number of carbonyl (C=O) groups is 2. The average molecular weight is 404 g/mol. The lowest BCUT2D eigenvalue weighted by molar-refractivity contribution is -0.122. The first-order chi connectivity index (χ1) is 13.5. The van der Waals surface area contributed by atoms with Gasteiger partial charge in [-0.2, -0.15) is 0 Å². The van der Waals surface area contributed by atoms with Crippen molar-refractivity contribution in [1.29, 1.82) is 0 Å². The van der Waals surface area contributed by atoms with Crippen LogP contribution >= 0.6 is 11.6 Å². The molecule has 148 valence electrons. The first-order valence-electron chi connectivity index (χ1n) is 8.85. The molecule has 1 aliphatic rings. The van der Waals surface area contributed by atoms with Gasteiger partial charge in [-0.1, -0.05) is 17.7 Å². The summed E-state index contributed by atoms with van der Waals surface area (Å²) in [6.07, 6.45) is 1.78. The number of hydrogen-bond donors (Lipinski definition) is 2. The molecule has 0 spiro atoms. The summed E-state index contributed by atoms with van der Waals surface area (Å²) in [6, 6.07) is 10.1. The Morgan fingerprint density at radius 2 is 1.96 bits per heavy atom. The number of methoxy groups -OCH3 is 2. The molecule has 1 heterocycles. The Kier molecular flexibility index (Phi) is 6.38. The molecule has 28 heavy (non-hydrogen) atoms. The van der Waals surface area contributed by atoms with Crippen molar-refractivity contribution in [1.82, 2.24) is 0 Å². The zero-order chi connectivity index (χ0) is 20.1. The highest BCUT2D eigenvalue weighted by Crippen LogP contribution is 2.31. The van der Waals surface area contributed by atoms with Crippen molar-refractivity contribution in [3.05, 3.63) is 47.0 Å². The van der Waals surface area contributed by atoms with Gasteiger partial charge >= 0.3 is 6.03 Å². The van der Waals surface area contributed by atoms with Gasteiger partial charge in [-0.15, -0.1) is 0 Å². The van der Waals surface area contributed by atoms with Crippen molar-refractivity contribution in [3.8, 4) is 5.75 Å². The first-order valence-corrected chi connectivity index (χ1v) is 9.23. The lowest BCUT2D eigenvalue weighted by atomic mass is 10.0. The largest absolute Gasteiger partial charge is 0.495 e. The van der Waals surface area contributed by atoms with Gasteiger partial charge in [0, 0.05) is 30.1 Å². The van der Waals surface area contributed by atoms with Gasteiger partial charge in [-0.25, -0.2) is 4.79 Å². The lowest BCUT2D eigenvalue weighted by Gasteiger charge is -2.30. The fraction of sp³-hybridized carbons (Fsp3) is 0.300. The first kappa shape index (κ1) is 20.0. The van der Waals surface area contributed by atoms with Gasteiger partial charge in [0.25, 0.3) is 5.91 Å². The van der Waals surface area contributed by atoms with E-state index in [4.69, 9.17) is 21.1 Å². The number of nitrogens with one attached hydrogen (secondary N) is 2. The van der Waals surface area contributed by atoms with E-state index in [1.54, 1.807) is 29.2 Å². The number of carbonyl (C=O) groups excluding carboxylic acids is 2. The molecule has 0 atom stereocenters. The Morgan fingerprint density at radius 1 is 1.14 bits per heavy atom. The molecule has 1 aliphatic heterocycles. The molecule has 8 heteroatoms. The summed E-state index contributed by atoms with van der Waals surface area (Å²) in [7, 11) is 3.01. The fourth-order valence-electron chi connectivity index (χ4n) is 3.18. The minimum Gasteiger partial charge on any atom is -0.495 e. The summed E-state index contributed by atoms with van der Waals surface area (Å²) >= 11 is 5.99. The summed E-state index contributed by atoms with van der Waals surface area (Å²) in [5.74, 6) is 0.398. The third kappa shape index (κ3) is 4.55. The lowest BCUT2D eigenvalue weighted by Crippen LogP contribution is -2.37. The molecule has 0 aromatic heterocycles. The zero-order valence-electron chi connectivity index (χ0n) is 15.8. The van der Waals surface area contributed by atoms with Gasteiger partial charge in [0.05, 0.1) is 12.8 Å². The normalized spacial score (nSPS) is 12.9. The second-order valence-corrected chi connectivity index (χ2v) is 6.79. The predicted molar refractivity (Wildman–Crippen MR) is 110 cm³/mol. The number of ether oxygens (including phenoxy) is 2. The van der Waals surface area contributed by atoms with Crippen LogP contribution in [-0.4, -0.2) is 39.3 Å². The molecular formula is C20H22ClN3O4. The standard InChI is InChI=1S/C20H22ClN3O4/c1-27-12-19(25)24-9-3-4-13-5-7-15(11-17(13)24)22-20(26)23-16-10-14(21)6-8-18(16)28-2/h5-8,10-11H,3-4,9,12H2,1-2H3,(H2,22,23,26). The molecule has 2 N–H and O–H groups in total. The van der Waals surface area contributed by atoms with Crippen molar-refractivity contribution in [3.63, 3.8) is 0 Å². The summed E-state index contributed by atoms with van der Waals surface area (Å²) in [6.45, 7) is 0.650. The highest BCUT2D eigenvalue weighted by Gasteiger charge is 2.23. The summed E-state index contributed by atoms with van der Waals surface area (Å²) in [5, 5.41) is 5.99. The molecule has 0 radical (unpaired) electrons. The minimum atomic E-state index is -0.439. The van der Waals surface area contributed by atoms with Crippen LogP contribution in [0.4, 0.5) is 21.9 Å². The molecule has 0 unspecified atom stereocenters. The highest BCUT2D eigenvalue weighted by atomic mass is 35.5. The molecule has 0 saturated carbocycles. The Hall–Kier alpha value is -2.77. The van der Waals surface area contributed by atoms with Crippen molar-refractivity contribution in [2.45, 2.75) is 12.8 Å². The van der Waals surface area contributed by atoms with E-state index in [1.807, 2.05) is 12.1 Å². The zero-order valence-corrected chi connectivity index (χ0v) is 16.5. The Labute approximate surface area is 168 Å². The number of halogens is 1. The number of nitrogens with zero attached hydrogens (tertiary/aromatic N) is 1. The summed E-state index contributed by atoms with van der Waals surface area (Å²) < 4.78 is 10.2. The monoisotopic (exact) mass is 403 g/mol. The number of amides is 3. The number of urea groups is 1. The SMILES string of the molecule is COCC(=O)N1CCCc2ccc(NC(=O)Nc3cc(Cl)ccc3OC)cc21. The van der Waals surface area contributed by atoms with Crippen LogP contribution in [-0.2, 0) is 16.0 Å². The maximum absolute atomic E-state index is 12.4. The van der Waals surface area contributed by atoms with Crippen LogP contribution in [0, 0.1) is 0 Å². The second-order valence-electron chi connectivity index (χ2n) is 6.35. The van der Waals surface area contributed by atoms with E-state index in [1.165, 1.54) is 14.2 Å². The maximum atomic E-state index is 12.4. The van der Waals surface area contributed by atoms with Crippen LogP contribution in [0.15, 0.2) is 36.4 Å². The van der Waals surface area contributed by atoms with Crippen LogP contribution in [0.2, 0.25) is 5.02 Å². The molecule has 0 fully saturated rings. The molecular weight excluding hydrogens is 382 g/mol. The van der Waals surface area contributed by atoms with Gasteiger partial charge in [0.2, 0.25) is 0 Å². The minimum absolute atomic E-state index is 0.0200. The van der Waals surface area contributed by atoms with E-state index >= 15 is 0 Å². The fourth-order valence-corrected chi connectivity index (χ4v) is 3.35. The van der Waals surface area contributed by atoms with Crippen molar-refractivity contribution in [2.75, 3.05) is 42.9 Å². The number of hydrogen-bond acceptors (Lipinski definition) is 4. The summed E-state index contributed by atoms with van der Waals surface area (Å²) in [4.78, 5) is 26.4. The van der Waals surface area contributed by atoms with E-state index in [2.05, 4.69) is 10.6 Å². The van der Waals surface area contributed by atoms with E-state index < -0.39 is 6.03 Å². The molecule has 0 bridgehead atoms. The van der Waals surface area contributed by atoms with Crippen LogP contribution in [0.25, 0.3) is 0 Å². The van der Waals surface area contributed by atoms with Crippen molar-refractivity contribution >= 4 is 40.6 Å². The van der Waals surface area contributed by atoms with E-state index in [0.717, 1.165) is 24.1 Å². The number of anilines is 3. The summed E-state index contributed by atoms with van der Waals surface area (Å²) in [5.41, 5.74) is 2.90. The quantitative estimate of drug-likeness (QED) is 0.793. The third-order valence-electron chi connectivity index (χ3n) is 4.44. The van der Waals surface area contributed by atoms with Crippen LogP contribution in [0.3, 0.4) is 0 Å². The van der Waals surface area contributed by atoms with Gasteiger partial charge in [-0.3, -0.25) is 4.79 Å². The molecule has 0 aliphatic carbocycles. The van der Waals surface area contributed by atoms with Crippen LogP contribution in [0.5, 0.6) is 5.75 Å². The average Bonchev–Trinajstić information content (AvgIpc) is 2.67. The van der Waals surface area contributed by atoms with Gasteiger partial charge in [0.1, 0.15) is 12.4 Å². The van der Waals surface area contributed by atoms with Crippen LogP contribution < -0.4 is 20.3 Å². The second kappa shape index (κ2) is 8.95. The maximum Gasteiger partial charge on any atom is 0.323 e. The number of rotatable bonds is 5. The molecule has 2 aromatic carbocycles. The topological polar surface area (TPSA) is 79.9 Å². The van der Waals surface area contributed by atoms with E-state index in [9.17, 15) is 9.59 Å². The van der Waals surface area contributed by atoms with Crippen LogP contribution in [0.1, 0.15) is 12.0 Å². The number of benzene rings is 2. The highest BCUT2D eigenvalue weighted by molar-refractivity contribution is 6.31. The Morgan fingerprint density at radius 3 is 2.71 bits per heavy atom. The third-order valence-corrected chi connectivity index (χ3v) is 4.68. The van der Waals surface area contributed by atoms with E-state index in [-0.39, 0.29) is 12.5 Å². The van der Waals surface area contributed by atoms with Crippen molar-refractivity contribution in [2.24, 2.45) is 0 Å². The van der Waals surface area contributed by atoms with Gasteiger partial charge < -0.3 is 25.0 Å². The molecule has 7 nitrogen and oxygen atoms in total. The Balaban J connectivity index is 1.76. The van der Waals surface area contributed by atoms with Crippen molar-refractivity contribution < 1.29 is 19.1 Å².